The molecule has 0 aromatic rings. The molecule has 0 amide bonds. The van der Waals surface area contributed by atoms with Gasteiger partial charge in [0, 0.05) is 37.2 Å². The number of hydrogen-bond acceptors (Lipinski definition) is 8. The van der Waals surface area contributed by atoms with Crippen LogP contribution in [0.25, 0.3) is 0 Å². The SMILES string of the molecule is CCC[C@@H](C1C[C@H](C2(C3CCNC(N)C3)CCCC2)C[C@H]2C#C[C@H](C3CCCCC3)C3CC(O)C(OC)CC3CCC(=O)CC(=O)[C@H]2C1)[C@H](O)CC1=C[C+](C(C)C)C=N1. The van der Waals surface area contributed by atoms with Crippen LogP contribution in [0.15, 0.2) is 16.8 Å². The third kappa shape index (κ3) is 10.4. The number of piperidine rings is 1. The second-order valence-electron chi connectivity index (χ2n) is 21.0. The minimum atomic E-state index is -0.561. The number of aliphatic hydroxyl groups excluding tert-OH is 2. The van der Waals surface area contributed by atoms with Crippen LogP contribution in [0.2, 0.25) is 0 Å². The molecule has 5 aliphatic carbocycles. The Morgan fingerprint density at radius 1 is 0.966 bits per heavy atom. The maximum Gasteiger partial charge on any atom is 0.177 e. The van der Waals surface area contributed by atoms with Gasteiger partial charge in [0.05, 0.1) is 37.3 Å². The number of ketones is 2. The van der Waals surface area contributed by atoms with Gasteiger partial charge in [-0.15, -0.1) is 4.99 Å². The van der Waals surface area contributed by atoms with Gasteiger partial charge in [0.25, 0.3) is 0 Å². The Morgan fingerprint density at radius 3 is 2.44 bits per heavy atom. The molecule has 13 atom stereocenters. The molecule has 2 heterocycles. The third-order valence-corrected chi connectivity index (χ3v) is 17.3. The van der Waals surface area contributed by atoms with Crippen molar-refractivity contribution in [3.8, 4) is 11.8 Å². The first kappa shape index (κ1) is 45.0. The Morgan fingerprint density at radius 2 is 1.75 bits per heavy atom. The minimum Gasteiger partial charge on any atom is -0.391 e. The van der Waals surface area contributed by atoms with E-state index in [1.54, 1.807) is 7.11 Å². The standard InChI is InChI=1S/C51H80N3O5/c1-5-11-43(46(56)28-40-24-37(31-54-40)32(2)3)36-23-39(51(19-9-10-20-51)38-18-21-53-50(52)27-38)22-34-15-17-42(33-12-7-6-8-13-33)44-30-48(58)49(59-4)26-35(44)14-16-41(55)29-47(57)45(34)25-36/h24,31-36,38-39,42-46,48-50,53,56,58H,5-14,16,18-23,25-30,52H2,1-4H3/q+1/t34-,35?,36?,38?,39-,42-,43+,44?,45+,46-,48?,49?,50?/m1/s1. The van der Waals surface area contributed by atoms with E-state index in [1.807, 2.05) is 6.21 Å². The van der Waals surface area contributed by atoms with Gasteiger partial charge in [0.1, 0.15) is 29.8 Å². The molecular formula is C51H80N3O5+. The van der Waals surface area contributed by atoms with E-state index in [4.69, 9.17) is 15.5 Å². The van der Waals surface area contributed by atoms with Crippen LogP contribution < -0.4 is 11.1 Å². The first-order valence-corrected chi connectivity index (χ1v) is 24.5. The number of rotatable bonds is 11. The van der Waals surface area contributed by atoms with Crippen molar-refractivity contribution in [2.45, 2.75) is 187 Å². The highest BCUT2D eigenvalue weighted by Gasteiger charge is 2.52. The highest BCUT2D eigenvalue weighted by atomic mass is 16.5. The second kappa shape index (κ2) is 20.4. The van der Waals surface area contributed by atoms with Gasteiger partial charge in [-0.1, -0.05) is 57.3 Å². The summed E-state index contributed by atoms with van der Waals surface area (Å²) in [5, 5.41) is 27.3. The fraction of sp³-hybridized carbons (Fsp3) is 0.843. The Hall–Kier alpha value is -2.02. The van der Waals surface area contributed by atoms with Crippen LogP contribution >= 0.6 is 0 Å². The van der Waals surface area contributed by atoms with Crippen LogP contribution in [0, 0.1) is 88.3 Å². The Labute approximate surface area is 357 Å². The zero-order valence-corrected chi connectivity index (χ0v) is 37.2. The lowest BCUT2D eigenvalue weighted by molar-refractivity contribution is -0.131. The van der Waals surface area contributed by atoms with Gasteiger partial charge in [-0.2, -0.15) is 0 Å². The molecule has 59 heavy (non-hydrogen) atoms. The molecule has 2 aliphatic heterocycles. The first-order chi connectivity index (χ1) is 28.5. The van der Waals surface area contributed by atoms with Crippen LogP contribution in [-0.2, 0) is 14.3 Å². The van der Waals surface area contributed by atoms with Gasteiger partial charge in [-0.3, -0.25) is 9.59 Å². The van der Waals surface area contributed by atoms with Crippen LogP contribution in [-0.4, -0.2) is 66.1 Å². The lowest BCUT2D eigenvalue weighted by Crippen LogP contribution is -2.50. The number of aliphatic hydroxyl groups is 2. The van der Waals surface area contributed by atoms with Crippen LogP contribution in [0.3, 0.4) is 0 Å². The van der Waals surface area contributed by atoms with Crippen LogP contribution in [0.5, 0.6) is 0 Å². The summed E-state index contributed by atoms with van der Waals surface area (Å²) in [6.07, 6.45) is 23.3. The first-order valence-electron chi connectivity index (χ1n) is 24.5. The van der Waals surface area contributed by atoms with E-state index in [2.05, 4.69) is 44.0 Å². The number of methoxy groups -OCH3 is 1. The molecule has 0 aromatic heterocycles. The summed E-state index contributed by atoms with van der Waals surface area (Å²) in [5.41, 5.74) is 7.78. The normalized spacial score (nSPS) is 38.3. The maximum atomic E-state index is 14.9. The summed E-state index contributed by atoms with van der Waals surface area (Å²) in [6, 6.07) is 0. The zero-order chi connectivity index (χ0) is 41.7. The van der Waals surface area contributed by atoms with E-state index in [-0.39, 0.29) is 77.1 Å². The number of carbonyl (C=O) groups excluding carboxylic acids is 2. The predicted octanol–water partition coefficient (Wildman–Crippen LogP) is 8.77. The topological polar surface area (TPSA) is 134 Å². The summed E-state index contributed by atoms with van der Waals surface area (Å²) in [6.45, 7) is 7.54. The number of carbonyl (C=O) groups is 2. The van der Waals surface area contributed by atoms with Gasteiger partial charge < -0.3 is 26.0 Å². The van der Waals surface area contributed by atoms with Crippen molar-refractivity contribution in [2.75, 3.05) is 13.7 Å². The van der Waals surface area contributed by atoms with E-state index < -0.39 is 12.2 Å². The minimum absolute atomic E-state index is 0.00413. The number of fused-ring (bicyclic) bond motifs is 2. The number of aliphatic imine (C=N–C) groups is 1. The number of Topliss-reactive ketones (excluding diaryl/α,β-unsaturated/α-hetero) is 2. The van der Waals surface area contributed by atoms with Gasteiger partial charge >= 0.3 is 0 Å². The average Bonchev–Trinajstić information content (AvgIpc) is 3.88. The number of nitrogens with two attached hydrogens (primary N) is 1. The molecule has 0 radical (unpaired) electrons. The molecule has 5 N–H and O–H groups in total. The highest BCUT2D eigenvalue weighted by molar-refractivity contribution is 6.00. The quantitative estimate of drug-likeness (QED) is 0.0931. The molecule has 7 unspecified atom stereocenters. The molecule has 0 spiro atoms. The number of nitrogens with one attached hydrogen (secondary N) is 1. The van der Waals surface area contributed by atoms with Crippen LogP contribution in [0.1, 0.15) is 162 Å². The van der Waals surface area contributed by atoms with E-state index >= 15 is 0 Å². The van der Waals surface area contributed by atoms with Crippen molar-refractivity contribution < 1.29 is 24.5 Å². The van der Waals surface area contributed by atoms with Crippen molar-refractivity contribution in [3.05, 3.63) is 17.7 Å². The fourth-order valence-electron chi connectivity index (χ4n) is 14.1. The highest BCUT2D eigenvalue weighted by Crippen LogP contribution is 2.59. The lowest BCUT2D eigenvalue weighted by Gasteiger charge is -2.48. The molecule has 4 saturated carbocycles. The number of ether oxygens (including phenoxy) is 1. The molecular weight excluding hydrogens is 735 g/mol. The predicted molar refractivity (Wildman–Crippen MR) is 236 cm³/mol. The molecule has 8 nitrogen and oxygen atoms in total. The molecule has 8 heteroatoms. The number of hydrogen-bond donors (Lipinski definition) is 4. The summed E-state index contributed by atoms with van der Waals surface area (Å²) in [7, 11) is 1.70. The Balaban J connectivity index is 1.30. The van der Waals surface area contributed by atoms with Crippen molar-refractivity contribution in [1.82, 2.24) is 5.32 Å². The van der Waals surface area contributed by atoms with Gasteiger partial charge in [0.15, 0.2) is 5.70 Å². The van der Waals surface area contributed by atoms with E-state index in [0.29, 0.717) is 49.4 Å². The summed E-state index contributed by atoms with van der Waals surface area (Å²) in [4.78, 5) is 33.6. The summed E-state index contributed by atoms with van der Waals surface area (Å²) < 4.78 is 5.81. The molecule has 0 aromatic carbocycles. The second-order valence-corrected chi connectivity index (χ2v) is 21.0. The number of allylic oxidation sites excluding steroid dienone is 1. The van der Waals surface area contributed by atoms with E-state index in [1.165, 1.54) is 50.9 Å². The summed E-state index contributed by atoms with van der Waals surface area (Å²) >= 11 is 0. The van der Waals surface area contributed by atoms with Crippen LogP contribution in [0.4, 0.5) is 0 Å². The zero-order valence-electron chi connectivity index (χ0n) is 37.2. The fourth-order valence-corrected chi connectivity index (χ4v) is 14.1. The van der Waals surface area contributed by atoms with Crippen molar-refractivity contribution in [3.63, 3.8) is 0 Å². The van der Waals surface area contributed by atoms with E-state index in [0.717, 1.165) is 76.5 Å². The van der Waals surface area contributed by atoms with Crippen molar-refractivity contribution in [1.29, 1.82) is 0 Å². The lowest BCUT2D eigenvalue weighted by atomic mass is 9.58. The maximum absolute atomic E-state index is 14.9. The molecule has 0 bridgehead atoms. The molecule has 328 valence electrons. The molecule has 7 rings (SSSR count). The average molecular weight is 815 g/mol. The Kier molecular flexibility index (Phi) is 15.6. The molecule has 1 saturated heterocycles. The molecule has 7 aliphatic rings. The van der Waals surface area contributed by atoms with Gasteiger partial charge in [0.2, 0.25) is 0 Å². The van der Waals surface area contributed by atoms with Gasteiger partial charge in [-0.25, -0.2) is 0 Å². The van der Waals surface area contributed by atoms with Gasteiger partial charge in [-0.05, 0) is 151 Å². The smallest absolute Gasteiger partial charge is 0.177 e. The summed E-state index contributed by atoms with van der Waals surface area (Å²) in [5.74, 6) is 11.4. The van der Waals surface area contributed by atoms with Crippen molar-refractivity contribution >= 4 is 17.8 Å². The molecule has 5 fully saturated rings. The van der Waals surface area contributed by atoms with E-state index in [9.17, 15) is 19.8 Å². The largest absolute Gasteiger partial charge is 0.391 e. The third-order valence-electron chi connectivity index (χ3n) is 17.3. The van der Waals surface area contributed by atoms with Crippen molar-refractivity contribution in [2.24, 2.45) is 81.2 Å². The number of nitrogens with zero attached hydrogens (tertiary/aromatic N) is 1. The monoisotopic (exact) mass is 815 g/mol. The Bertz CT molecular complexity index is 1530.